The molecular weight excluding hydrogens is 453 g/mol. The van der Waals surface area contributed by atoms with E-state index < -0.39 is 34.5 Å². The van der Waals surface area contributed by atoms with Crippen LogP contribution in [0.2, 0.25) is 0 Å². The van der Waals surface area contributed by atoms with Gasteiger partial charge in [-0.3, -0.25) is 9.59 Å². The standard InChI is InChI=1S/C28H27F3N2O2/c1-17(34)33-23-15-12-19(24(35)18-10-13-21(14-11-18)28(29,30)31)16-22(23)27(4,25(32)26(33,2)3)20-8-6-5-7-9-20/h5-16,25H,32H2,1-4H3. The van der Waals surface area contributed by atoms with Gasteiger partial charge in [0.2, 0.25) is 5.91 Å². The third-order valence-electron chi connectivity index (χ3n) is 7.18. The smallest absolute Gasteiger partial charge is 0.325 e. The number of nitrogens with two attached hydrogens (primary N) is 1. The van der Waals surface area contributed by atoms with Crippen molar-refractivity contribution in [2.24, 2.45) is 5.73 Å². The quantitative estimate of drug-likeness (QED) is 0.488. The Labute approximate surface area is 202 Å². The van der Waals surface area contributed by atoms with Crippen LogP contribution in [0.1, 0.15) is 60.3 Å². The average molecular weight is 481 g/mol. The van der Waals surface area contributed by atoms with Gasteiger partial charge in [-0.1, -0.05) is 42.5 Å². The molecular formula is C28H27F3N2O2. The van der Waals surface area contributed by atoms with E-state index in [0.717, 1.165) is 17.7 Å². The molecule has 0 aliphatic carbocycles. The first-order valence-electron chi connectivity index (χ1n) is 11.3. The molecule has 3 aromatic carbocycles. The van der Waals surface area contributed by atoms with Crippen LogP contribution in [-0.2, 0) is 16.4 Å². The lowest BCUT2D eigenvalue weighted by Gasteiger charge is -2.55. The largest absolute Gasteiger partial charge is 0.416 e. The first-order valence-corrected chi connectivity index (χ1v) is 11.3. The second kappa shape index (κ2) is 8.34. The molecule has 2 N–H and O–H groups in total. The molecule has 182 valence electrons. The van der Waals surface area contributed by atoms with Crippen LogP contribution in [0.15, 0.2) is 72.8 Å². The van der Waals surface area contributed by atoms with Crippen molar-refractivity contribution in [2.75, 3.05) is 4.90 Å². The highest BCUT2D eigenvalue weighted by molar-refractivity contribution is 6.09. The van der Waals surface area contributed by atoms with E-state index in [1.165, 1.54) is 19.1 Å². The Kier molecular flexibility index (Phi) is 5.88. The molecule has 0 radical (unpaired) electrons. The zero-order valence-corrected chi connectivity index (χ0v) is 20.0. The maximum absolute atomic E-state index is 13.3. The number of amides is 1. The summed E-state index contributed by atoms with van der Waals surface area (Å²) in [6, 6.07) is 18.3. The summed E-state index contributed by atoms with van der Waals surface area (Å²) >= 11 is 0. The van der Waals surface area contributed by atoms with Crippen molar-refractivity contribution in [1.29, 1.82) is 0 Å². The van der Waals surface area contributed by atoms with Crippen LogP contribution >= 0.6 is 0 Å². The van der Waals surface area contributed by atoms with E-state index in [-0.39, 0.29) is 11.5 Å². The number of fused-ring (bicyclic) bond motifs is 1. The van der Waals surface area contributed by atoms with Crippen molar-refractivity contribution < 1.29 is 22.8 Å². The summed E-state index contributed by atoms with van der Waals surface area (Å²) in [6.07, 6.45) is -4.48. The number of halogens is 3. The zero-order chi connectivity index (χ0) is 25.8. The van der Waals surface area contributed by atoms with Crippen LogP contribution in [0.25, 0.3) is 0 Å². The number of hydrogen-bond acceptors (Lipinski definition) is 3. The van der Waals surface area contributed by atoms with Crippen molar-refractivity contribution in [2.45, 2.75) is 50.9 Å². The normalized spacial score (nSPS) is 21.4. The first-order chi connectivity index (χ1) is 16.3. The fraction of sp³-hybridized carbons (Fsp3) is 0.286. The number of carbonyl (C=O) groups is 2. The van der Waals surface area contributed by atoms with Crippen LogP contribution in [-0.4, -0.2) is 23.3 Å². The molecule has 1 aliphatic heterocycles. The summed E-state index contributed by atoms with van der Waals surface area (Å²) in [7, 11) is 0. The lowest BCUT2D eigenvalue weighted by atomic mass is 9.61. The summed E-state index contributed by atoms with van der Waals surface area (Å²) in [5.41, 5.74) is 7.32. The SMILES string of the molecule is CC(=O)N1c2ccc(C(=O)c3ccc(C(F)(F)F)cc3)cc2C(C)(c2ccccc2)C(N)C1(C)C. The van der Waals surface area contributed by atoms with Gasteiger partial charge in [0.25, 0.3) is 0 Å². The van der Waals surface area contributed by atoms with Gasteiger partial charge in [0.15, 0.2) is 5.78 Å². The maximum atomic E-state index is 13.3. The van der Waals surface area contributed by atoms with E-state index in [1.807, 2.05) is 51.1 Å². The number of anilines is 1. The number of alkyl halides is 3. The van der Waals surface area contributed by atoms with Crippen molar-refractivity contribution in [1.82, 2.24) is 0 Å². The van der Waals surface area contributed by atoms with Crippen LogP contribution in [0.5, 0.6) is 0 Å². The van der Waals surface area contributed by atoms with Crippen LogP contribution in [0.3, 0.4) is 0 Å². The highest BCUT2D eigenvalue weighted by Crippen LogP contribution is 2.50. The third-order valence-corrected chi connectivity index (χ3v) is 7.18. The maximum Gasteiger partial charge on any atom is 0.416 e. The molecule has 35 heavy (non-hydrogen) atoms. The number of ketones is 1. The Morgan fingerprint density at radius 2 is 1.46 bits per heavy atom. The topological polar surface area (TPSA) is 63.4 Å². The predicted octanol–water partition coefficient (Wildman–Crippen LogP) is 5.71. The lowest BCUT2D eigenvalue weighted by Crippen LogP contribution is -2.68. The Morgan fingerprint density at radius 1 is 0.886 bits per heavy atom. The Balaban J connectivity index is 1.89. The van der Waals surface area contributed by atoms with Crippen molar-refractivity contribution in [3.8, 4) is 0 Å². The summed E-state index contributed by atoms with van der Waals surface area (Å²) < 4.78 is 38.9. The van der Waals surface area contributed by atoms with Crippen molar-refractivity contribution in [3.05, 3.63) is 101 Å². The van der Waals surface area contributed by atoms with E-state index >= 15 is 0 Å². The first kappa shape index (κ1) is 24.7. The molecule has 0 aromatic heterocycles. The number of carbonyl (C=O) groups excluding carboxylic acids is 2. The third kappa shape index (κ3) is 3.93. The molecule has 1 amide bonds. The molecule has 1 aliphatic rings. The number of hydrogen-bond donors (Lipinski definition) is 1. The van der Waals surface area contributed by atoms with Gasteiger partial charge in [-0.05, 0) is 62.2 Å². The van der Waals surface area contributed by atoms with Gasteiger partial charge in [-0.2, -0.15) is 13.2 Å². The molecule has 7 heteroatoms. The minimum atomic E-state index is -4.48. The second-order valence-corrected chi connectivity index (χ2v) is 9.69. The molecule has 1 heterocycles. The molecule has 4 nitrogen and oxygen atoms in total. The van der Waals surface area contributed by atoms with Gasteiger partial charge in [0.1, 0.15) is 0 Å². The zero-order valence-electron chi connectivity index (χ0n) is 20.0. The summed E-state index contributed by atoms with van der Waals surface area (Å²) in [4.78, 5) is 27.7. The molecule has 2 atom stereocenters. The molecule has 0 saturated carbocycles. The fourth-order valence-corrected chi connectivity index (χ4v) is 5.28. The van der Waals surface area contributed by atoms with E-state index in [0.29, 0.717) is 16.8 Å². The van der Waals surface area contributed by atoms with Crippen LogP contribution < -0.4 is 10.6 Å². The Hall–Kier alpha value is -3.45. The molecule has 0 spiro atoms. The molecule has 3 aromatic rings. The van der Waals surface area contributed by atoms with Crippen molar-refractivity contribution >= 4 is 17.4 Å². The number of rotatable bonds is 3. The summed E-state index contributed by atoms with van der Waals surface area (Å²) in [5.74, 6) is -0.589. The molecule has 0 saturated heterocycles. The molecule has 4 rings (SSSR count). The minimum Gasteiger partial charge on any atom is -0.325 e. The van der Waals surface area contributed by atoms with Crippen molar-refractivity contribution in [3.63, 3.8) is 0 Å². The van der Waals surface area contributed by atoms with E-state index in [2.05, 4.69) is 0 Å². The fourth-order valence-electron chi connectivity index (χ4n) is 5.28. The highest BCUT2D eigenvalue weighted by Gasteiger charge is 2.53. The summed E-state index contributed by atoms with van der Waals surface area (Å²) in [5, 5.41) is 0. The Bertz CT molecular complexity index is 1280. The second-order valence-electron chi connectivity index (χ2n) is 9.69. The average Bonchev–Trinajstić information content (AvgIpc) is 2.82. The van der Waals surface area contributed by atoms with Gasteiger partial charge < -0.3 is 10.6 Å². The molecule has 0 bridgehead atoms. The monoisotopic (exact) mass is 480 g/mol. The van der Waals surface area contributed by atoms with E-state index in [4.69, 9.17) is 5.73 Å². The van der Waals surface area contributed by atoms with Gasteiger partial charge in [0, 0.05) is 35.2 Å². The lowest BCUT2D eigenvalue weighted by molar-refractivity contribution is -0.137. The van der Waals surface area contributed by atoms with Gasteiger partial charge in [0.05, 0.1) is 11.1 Å². The highest BCUT2D eigenvalue weighted by atomic mass is 19.4. The van der Waals surface area contributed by atoms with Gasteiger partial charge in [-0.15, -0.1) is 0 Å². The molecule has 2 unspecified atom stereocenters. The predicted molar refractivity (Wildman–Crippen MR) is 129 cm³/mol. The number of nitrogens with zero attached hydrogens (tertiary/aromatic N) is 1. The van der Waals surface area contributed by atoms with Crippen LogP contribution in [0, 0.1) is 0 Å². The molecule has 0 fully saturated rings. The minimum absolute atomic E-state index is 0.142. The van der Waals surface area contributed by atoms with Crippen LogP contribution in [0.4, 0.5) is 18.9 Å². The number of benzene rings is 3. The van der Waals surface area contributed by atoms with E-state index in [1.54, 1.807) is 23.1 Å². The Morgan fingerprint density at radius 3 is 2.00 bits per heavy atom. The van der Waals surface area contributed by atoms with Gasteiger partial charge >= 0.3 is 6.18 Å². The van der Waals surface area contributed by atoms with Gasteiger partial charge in [-0.25, -0.2) is 0 Å². The van der Waals surface area contributed by atoms with E-state index in [9.17, 15) is 22.8 Å². The summed E-state index contributed by atoms with van der Waals surface area (Å²) in [6.45, 7) is 7.32.